The van der Waals surface area contributed by atoms with Gasteiger partial charge in [-0.3, -0.25) is 4.79 Å². The number of sulfonamides is 1. The van der Waals surface area contributed by atoms with E-state index in [2.05, 4.69) is 31.3 Å². The number of anilines is 1. The molecule has 0 aliphatic rings. The minimum Gasteiger partial charge on any atom is -0.326 e. The highest BCUT2D eigenvalue weighted by Crippen LogP contribution is 2.19. The minimum absolute atomic E-state index is 0.0902. The molecule has 0 atom stereocenters. The molecule has 146 valence electrons. The summed E-state index contributed by atoms with van der Waals surface area (Å²) in [6.07, 6.45) is 1.05. The van der Waals surface area contributed by atoms with Gasteiger partial charge >= 0.3 is 0 Å². The van der Waals surface area contributed by atoms with Crippen molar-refractivity contribution in [3.63, 3.8) is 0 Å². The standard InChI is InChI=1S/C21H28N2O3S/c1-5-23(6-2)27(25,26)20-12-10-19(11-13-20)22-21(24)14-9-18-8-7-16(3)17(4)15-18/h7-8,10-13,15H,5-6,9,14H2,1-4H3,(H,22,24). The zero-order valence-electron chi connectivity index (χ0n) is 16.5. The summed E-state index contributed by atoms with van der Waals surface area (Å²) in [6.45, 7) is 8.60. The normalized spacial score (nSPS) is 11.6. The molecule has 6 heteroatoms. The largest absolute Gasteiger partial charge is 0.326 e. The fraction of sp³-hybridized carbons (Fsp3) is 0.381. The lowest BCUT2D eigenvalue weighted by molar-refractivity contribution is -0.116. The number of aryl methyl sites for hydroxylation is 3. The molecule has 0 aliphatic heterocycles. The summed E-state index contributed by atoms with van der Waals surface area (Å²) in [4.78, 5) is 12.4. The second-order valence-electron chi connectivity index (χ2n) is 6.58. The molecule has 0 unspecified atom stereocenters. The van der Waals surface area contributed by atoms with Gasteiger partial charge in [0.15, 0.2) is 0 Å². The number of carbonyl (C=O) groups is 1. The number of amides is 1. The van der Waals surface area contributed by atoms with Crippen molar-refractivity contribution in [1.82, 2.24) is 4.31 Å². The van der Waals surface area contributed by atoms with E-state index in [4.69, 9.17) is 0 Å². The van der Waals surface area contributed by atoms with Crippen molar-refractivity contribution in [3.05, 3.63) is 59.2 Å². The third-order valence-electron chi connectivity index (χ3n) is 4.69. The lowest BCUT2D eigenvalue weighted by Crippen LogP contribution is -2.30. The predicted octanol–water partition coefficient (Wildman–Crippen LogP) is 3.91. The fourth-order valence-electron chi connectivity index (χ4n) is 2.86. The molecule has 5 nitrogen and oxygen atoms in total. The van der Waals surface area contributed by atoms with Crippen molar-refractivity contribution >= 4 is 21.6 Å². The summed E-state index contributed by atoms with van der Waals surface area (Å²) in [5, 5.41) is 2.83. The Bertz CT molecular complexity index is 886. The van der Waals surface area contributed by atoms with Gasteiger partial charge in [-0.15, -0.1) is 0 Å². The van der Waals surface area contributed by atoms with E-state index in [-0.39, 0.29) is 10.8 Å². The Kier molecular flexibility index (Phi) is 7.16. The molecule has 1 amide bonds. The van der Waals surface area contributed by atoms with Crippen molar-refractivity contribution in [2.45, 2.75) is 45.4 Å². The number of carbonyl (C=O) groups excluding carboxylic acids is 1. The molecule has 0 spiro atoms. The van der Waals surface area contributed by atoms with Crippen LogP contribution in [0, 0.1) is 13.8 Å². The van der Waals surface area contributed by atoms with E-state index in [0.717, 1.165) is 5.56 Å². The molecular weight excluding hydrogens is 360 g/mol. The SMILES string of the molecule is CCN(CC)S(=O)(=O)c1ccc(NC(=O)CCc2ccc(C)c(C)c2)cc1. The third kappa shape index (κ3) is 5.40. The van der Waals surface area contributed by atoms with Crippen LogP contribution in [0.2, 0.25) is 0 Å². The minimum atomic E-state index is -3.48. The Morgan fingerprint density at radius 2 is 1.59 bits per heavy atom. The highest BCUT2D eigenvalue weighted by atomic mass is 32.2. The van der Waals surface area contributed by atoms with E-state index in [0.29, 0.717) is 31.6 Å². The van der Waals surface area contributed by atoms with E-state index >= 15 is 0 Å². The van der Waals surface area contributed by atoms with E-state index < -0.39 is 10.0 Å². The van der Waals surface area contributed by atoms with Gasteiger partial charge < -0.3 is 5.32 Å². The van der Waals surface area contributed by atoms with Crippen molar-refractivity contribution in [2.24, 2.45) is 0 Å². The fourth-order valence-corrected chi connectivity index (χ4v) is 4.32. The topological polar surface area (TPSA) is 66.5 Å². The van der Waals surface area contributed by atoms with Crippen LogP contribution >= 0.6 is 0 Å². The van der Waals surface area contributed by atoms with E-state index in [1.807, 2.05) is 19.9 Å². The second kappa shape index (κ2) is 9.15. The van der Waals surface area contributed by atoms with E-state index in [1.165, 1.54) is 27.6 Å². The summed E-state index contributed by atoms with van der Waals surface area (Å²) in [6, 6.07) is 12.5. The van der Waals surface area contributed by atoms with Crippen LogP contribution in [-0.2, 0) is 21.2 Å². The molecular formula is C21H28N2O3S. The van der Waals surface area contributed by atoms with Gasteiger partial charge in [0.2, 0.25) is 15.9 Å². The molecule has 0 aromatic heterocycles. The molecule has 0 radical (unpaired) electrons. The molecule has 0 aliphatic carbocycles. The Labute approximate surface area is 162 Å². The highest BCUT2D eigenvalue weighted by molar-refractivity contribution is 7.89. The first-order valence-corrected chi connectivity index (χ1v) is 10.7. The smallest absolute Gasteiger partial charge is 0.243 e. The first-order chi connectivity index (χ1) is 12.8. The summed E-state index contributed by atoms with van der Waals surface area (Å²) in [5.41, 5.74) is 4.19. The third-order valence-corrected chi connectivity index (χ3v) is 6.76. The van der Waals surface area contributed by atoms with Gasteiger partial charge in [-0.2, -0.15) is 4.31 Å². The number of benzene rings is 2. The molecule has 2 aromatic carbocycles. The molecule has 27 heavy (non-hydrogen) atoms. The average Bonchev–Trinajstić information content (AvgIpc) is 2.64. The lowest BCUT2D eigenvalue weighted by Gasteiger charge is -2.18. The van der Waals surface area contributed by atoms with Gasteiger partial charge in [0.05, 0.1) is 4.90 Å². The van der Waals surface area contributed by atoms with Crippen LogP contribution in [0.4, 0.5) is 5.69 Å². The molecule has 0 fully saturated rings. The molecule has 0 saturated heterocycles. The molecule has 2 aromatic rings. The van der Waals surface area contributed by atoms with Crippen molar-refractivity contribution in [2.75, 3.05) is 18.4 Å². The number of rotatable bonds is 8. The summed E-state index contributed by atoms with van der Waals surface area (Å²) >= 11 is 0. The number of hydrogen-bond acceptors (Lipinski definition) is 3. The maximum Gasteiger partial charge on any atom is 0.243 e. The molecule has 0 bridgehead atoms. The molecule has 0 heterocycles. The average molecular weight is 389 g/mol. The predicted molar refractivity (Wildman–Crippen MR) is 109 cm³/mol. The van der Waals surface area contributed by atoms with Crippen molar-refractivity contribution in [3.8, 4) is 0 Å². The van der Waals surface area contributed by atoms with E-state index in [9.17, 15) is 13.2 Å². The van der Waals surface area contributed by atoms with E-state index in [1.54, 1.807) is 12.1 Å². The van der Waals surface area contributed by atoms with Gasteiger partial charge in [-0.25, -0.2) is 8.42 Å². The van der Waals surface area contributed by atoms with Crippen LogP contribution in [-0.4, -0.2) is 31.7 Å². The van der Waals surface area contributed by atoms with Gasteiger partial charge in [0, 0.05) is 25.2 Å². The van der Waals surface area contributed by atoms with Gasteiger partial charge in [0.25, 0.3) is 0 Å². The zero-order chi connectivity index (χ0) is 20.0. The van der Waals surface area contributed by atoms with Crippen LogP contribution in [0.1, 0.15) is 37.0 Å². The van der Waals surface area contributed by atoms with Gasteiger partial charge in [-0.1, -0.05) is 32.0 Å². The van der Waals surface area contributed by atoms with Gasteiger partial charge in [0.1, 0.15) is 0 Å². The van der Waals surface area contributed by atoms with Crippen molar-refractivity contribution < 1.29 is 13.2 Å². The lowest BCUT2D eigenvalue weighted by atomic mass is 10.0. The summed E-state index contributed by atoms with van der Waals surface area (Å²) < 4.78 is 26.4. The van der Waals surface area contributed by atoms with Crippen LogP contribution in [0.5, 0.6) is 0 Å². The maximum absolute atomic E-state index is 12.5. The maximum atomic E-state index is 12.5. The number of nitrogens with one attached hydrogen (secondary N) is 1. The van der Waals surface area contributed by atoms with Gasteiger partial charge in [-0.05, 0) is 61.2 Å². The molecule has 2 rings (SSSR count). The number of hydrogen-bond donors (Lipinski definition) is 1. The van der Waals surface area contributed by atoms with Crippen LogP contribution in [0.25, 0.3) is 0 Å². The second-order valence-corrected chi connectivity index (χ2v) is 8.52. The Balaban J connectivity index is 1.97. The highest BCUT2D eigenvalue weighted by Gasteiger charge is 2.21. The quantitative estimate of drug-likeness (QED) is 0.746. The van der Waals surface area contributed by atoms with Crippen molar-refractivity contribution in [1.29, 1.82) is 0 Å². The first-order valence-electron chi connectivity index (χ1n) is 9.24. The molecule has 1 N–H and O–H groups in total. The Morgan fingerprint density at radius 1 is 0.963 bits per heavy atom. The first kappa shape index (κ1) is 21.1. The molecule has 0 saturated carbocycles. The number of nitrogens with zero attached hydrogens (tertiary/aromatic N) is 1. The zero-order valence-corrected chi connectivity index (χ0v) is 17.3. The summed E-state index contributed by atoms with van der Waals surface area (Å²) in [7, 11) is -3.48. The van der Waals surface area contributed by atoms with Crippen LogP contribution < -0.4 is 5.32 Å². The Morgan fingerprint density at radius 3 is 2.15 bits per heavy atom. The summed E-state index contributed by atoms with van der Waals surface area (Å²) in [5.74, 6) is -0.0902. The monoisotopic (exact) mass is 388 g/mol. The van der Waals surface area contributed by atoms with Crippen LogP contribution in [0.15, 0.2) is 47.4 Å². The van der Waals surface area contributed by atoms with Crippen LogP contribution in [0.3, 0.4) is 0 Å². The Hall–Kier alpha value is -2.18.